The van der Waals surface area contributed by atoms with Crippen molar-refractivity contribution >= 4 is 10.9 Å². The number of para-hydroxylation sites is 1. The average molecular weight is 224 g/mol. The first-order valence-electron chi connectivity index (χ1n) is 5.47. The summed E-state index contributed by atoms with van der Waals surface area (Å²) in [7, 11) is 1.96. The highest BCUT2D eigenvalue weighted by Gasteiger charge is 2.08. The number of hydrogen-bond acceptors (Lipinski definition) is 3. The Morgan fingerprint density at radius 2 is 1.94 bits per heavy atom. The Morgan fingerprint density at radius 3 is 2.71 bits per heavy atom. The number of aromatic nitrogens is 4. The molecule has 17 heavy (non-hydrogen) atoms. The van der Waals surface area contributed by atoms with E-state index in [2.05, 4.69) is 27.3 Å². The average Bonchev–Trinajstić information content (AvgIpc) is 2.70. The highest BCUT2D eigenvalue weighted by molar-refractivity contribution is 5.82. The number of pyridine rings is 1. The summed E-state index contributed by atoms with van der Waals surface area (Å²) in [4.78, 5) is 4.43. The van der Waals surface area contributed by atoms with E-state index < -0.39 is 0 Å². The third-order valence-electron chi connectivity index (χ3n) is 2.94. The van der Waals surface area contributed by atoms with E-state index in [0.29, 0.717) is 0 Å². The summed E-state index contributed by atoms with van der Waals surface area (Å²) < 4.78 is 1.96. The number of nitrogens with zero attached hydrogens (tertiary/aromatic N) is 4. The molecule has 0 saturated heterocycles. The number of fused-ring (bicyclic) bond motifs is 1. The minimum Gasteiger partial charge on any atom is -0.314 e. The van der Waals surface area contributed by atoms with Gasteiger partial charge in [0.25, 0.3) is 0 Å². The fourth-order valence-electron chi connectivity index (χ4n) is 1.85. The molecule has 0 amide bonds. The Morgan fingerprint density at radius 1 is 1.12 bits per heavy atom. The van der Waals surface area contributed by atoms with Gasteiger partial charge in [0.15, 0.2) is 5.82 Å². The normalized spacial score (nSPS) is 10.9. The van der Waals surface area contributed by atoms with Crippen molar-refractivity contribution in [3.05, 3.63) is 42.4 Å². The van der Waals surface area contributed by atoms with Gasteiger partial charge in [0.2, 0.25) is 0 Å². The number of benzene rings is 1. The maximum atomic E-state index is 4.43. The van der Waals surface area contributed by atoms with Gasteiger partial charge < -0.3 is 4.57 Å². The monoisotopic (exact) mass is 224 g/mol. The van der Waals surface area contributed by atoms with Gasteiger partial charge in [-0.15, -0.1) is 10.2 Å². The molecule has 3 aromatic rings. The van der Waals surface area contributed by atoms with Crippen molar-refractivity contribution in [3.63, 3.8) is 0 Å². The van der Waals surface area contributed by atoms with Gasteiger partial charge in [-0.3, -0.25) is 4.98 Å². The van der Waals surface area contributed by atoms with Crippen LogP contribution in [0.25, 0.3) is 22.3 Å². The second-order valence-electron chi connectivity index (χ2n) is 4.05. The summed E-state index contributed by atoms with van der Waals surface area (Å²) in [6.45, 7) is 1.94. The third kappa shape index (κ3) is 1.58. The summed E-state index contributed by atoms with van der Waals surface area (Å²) in [5.74, 6) is 1.74. The van der Waals surface area contributed by atoms with Crippen LogP contribution in [-0.2, 0) is 7.05 Å². The summed E-state index contributed by atoms with van der Waals surface area (Å²) in [6.07, 6.45) is 1.84. The van der Waals surface area contributed by atoms with E-state index in [4.69, 9.17) is 0 Å². The predicted octanol–water partition coefficient (Wildman–Crippen LogP) is 2.34. The standard InChI is InChI=1S/C13H12N4/c1-9-15-16-13(17(9)2)11-7-10-5-3-4-6-12(10)14-8-11/h3-8H,1-2H3. The Hall–Kier alpha value is -2.23. The molecule has 84 valence electrons. The lowest BCUT2D eigenvalue weighted by molar-refractivity contribution is 0.864. The Labute approximate surface area is 98.9 Å². The van der Waals surface area contributed by atoms with Crippen LogP contribution in [0.2, 0.25) is 0 Å². The fraction of sp³-hybridized carbons (Fsp3) is 0.154. The van der Waals surface area contributed by atoms with Crippen LogP contribution in [0, 0.1) is 6.92 Å². The molecule has 4 heteroatoms. The van der Waals surface area contributed by atoms with Gasteiger partial charge in [-0.05, 0) is 19.1 Å². The van der Waals surface area contributed by atoms with Gasteiger partial charge in [0, 0.05) is 24.2 Å². The van der Waals surface area contributed by atoms with Crippen LogP contribution in [-0.4, -0.2) is 19.7 Å². The Balaban J connectivity index is 2.21. The zero-order chi connectivity index (χ0) is 11.8. The summed E-state index contributed by atoms with van der Waals surface area (Å²) in [5, 5.41) is 9.34. The molecular weight excluding hydrogens is 212 g/mol. The smallest absolute Gasteiger partial charge is 0.165 e. The predicted molar refractivity (Wildman–Crippen MR) is 66.5 cm³/mol. The molecule has 0 aliphatic rings. The van der Waals surface area contributed by atoms with E-state index in [-0.39, 0.29) is 0 Å². The minimum absolute atomic E-state index is 0.848. The highest BCUT2D eigenvalue weighted by Crippen LogP contribution is 2.20. The SMILES string of the molecule is Cc1nnc(-c2cnc3ccccc3c2)n1C. The third-order valence-corrected chi connectivity index (χ3v) is 2.94. The molecule has 0 saturated carbocycles. The van der Waals surface area contributed by atoms with Crippen LogP contribution in [0.1, 0.15) is 5.82 Å². The Bertz CT molecular complexity index is 685. The molecule has 2 aromatic heterocycles. The molecule has 3 rings (SSSR count). The van der Waals surface area contributed by atoms with E-state index in [9.17, 15) is 0 Å². The van der Waals surface area contributed by atoms with E-state index in [0.717, 1.165) is 28.1 Å². The summed E-state index contributed by atoms with van der Waals surface area (Å²) in [6, 6.07) is 10.1. The summed E-state index contributed by atoms with van der Waals surface area (Å²) >= 11 is 0. The summed E-state index contributed by atoms with van der Waals surface area (Å²) in [5.41, 5.74) is 1.99. The molecule has 0 radical (unpaired) electrons. The highest BCUT2D eigenvalue weighted by atomic mass is 15.3. The zero-order valence-electron chi connectivity index (χ0n) is 9.75. The lowest BCUT2D eigenvalue weighted by Crippen LogP contribution is -1.95. The van der Waals surface area contributed by atoms with Crippen LogP contribution < -0.4 is 0 Å². The second kappa shape index (κ2) is 3.66. The van der Waals surface area contributed by atoms with Crippen LogP contribution in [0.3, 0.4) is 0 Å². The van der Waals surface area contributed by atoms with Crippen molar-refractivity contribution in [3.8, 4) is 11.4 Å². The van der Waals surface area contributed by atoms with Crippen LogP contribution in [0.4, 0.5) is 0 Å². The first-order valence-corrected chi connectivity index (χ1v) is 5.47. The molecule has 0 aliphatic heterocycles. The Kier molecular flexibility index (Phi) is 2.14. The van der Waals surface area contributed by atoms with E-state index in [1.807, 2.05) is 42.9 Å². The lowest BCUT2D eigenvalue weighted by atomic mass is 10.1. The molecule has 0 aliphatic carbocycles. The van der Waals surface area contributed by atoms with Gasteiger partial charge in [0.05, 0.1) is 5.52 Å². The largest absolute Gasteiger partial charge is 0.314 e. The van der Waals surface area contributed by atoms with E-state index in [1.165, 1.54) is 0 Å². The maximum absolute atomic E-state index is 4.43. The molecular formula is C13H12N4. The van der Waals surface area contributed by atoms with Gasteiger partial charge in [-0.1, -0.05) is 18.2 Å². The maximum Gasteiger partial charge on any atom is 0.165 e. The van der Waals surface area contributed by atoms with Crippen molar-refractivity contribution < 1.29 is 0 Å². The molecule has 1 aromatic carbocycles. The topological polar surface area (TPSA) is 43.6 Å². The number of rotatable bonds is 1. The van der Waals surface area contributed by atoms with Gasteiger partial charge in [-0.2, -0.15) is 0 Å². The van der Waals surface area contributed by atoms with Gasteiger partial charge in [-0.25, -0.2) is 0 Å². The first kappa shape index (κ1) is 9.96. The van der Waals surface area contributed by atoms with Crippen molar-refractivity contribution in [2.45, 2.75) is 6.92 Å². The van der Waals surface area contributed by atoms with Crippen LogP contribution in [0.5, 0.6) is 0 Å². The zero-order valence-corrected chi connectivity index (χ0v) is 9.75. The molecule has 0 N–H and O–H groups in total. The molecule has 0 bridgehead atoms. The van der Waals surface area contributed by atoms with Crippen LogP contribution >= 0.6 is 0 Å². The quantitative estimate of drug-likeness (QED) is 0.637. The van der Waals surface area contributed by atoms with Gasteiger partial charge >= 0.3 is 0 Å². The molecule has 0 spiro atoms. The lowest BCUT2D eigenvalue weighted by Gasteiger charge is -2.03. The fourth-order valence-corrected chi connectivity index (χ4v) is 1.85. The molecule has 0 unspecified atom stereocenters. The van der Waals surface area contributed by atoms with E-state index in [1.54, 1.807) is 0 Å². The molecule has 4 nitrogen and oxygen atoms in total. The molecule has 0 atom stereocenters. The van der Waals surface area contributed by atoms with Crippen molar-refractivity contribution in [1.29, 1.82) is 0 Å². The van der Waals surface area contributed by atoms with Crippen molar-refractivity contribution in [2.24, 2.45) is 7.05 Å². The van der Waals surface area contributed by atoms with Crippen molar-refractivity contribution in [1.82, 2.24) is 19.7 Å². The molecule has 2 heterocycles. The van der Waals surface area contributed by atoms with Crippen molar-refractivity contribution in [2.75, 3.05) is 0 Å². The first-order chi connectivity index (χ1) is 8.25. The van der Waals surface area contributed by atoms with Crippen LogP contribution in [0.15, 0.2) is 36.5 Å². The van der Waals surface area contributed by atoms with E-state index >= 15 is 0 Å². The number of aryl methyl sites for hydroxylation is 1. The minimum atomic E-state index is 0.848. The number of hydrogen-bond donors (Lipinski definition) is 0. The van der Waals surface area contributed by atoms with Gasteiger partial charge in [0.1, 0.15) is 5.82 Å². The second-order valence-corrected chi connectivity index (χ2v) is 4.05. The molecule has 0 fully saturated rings.